The van der Waals surface area contributed by atoms with Crippen molar-refractivity contribution in [2.45, 2.75) is 13.5 Å². The number of carbonyl (C=O) groups excluding carboxylic acids is 1. The van der Waals surface area contributed by atoms with E-state index in [9.17, 15) is 4.79 Å². The van der Waals surface area contributed by atoms with E-state index in [0.29, 0.717) is 12.1 Å². The summed E-state index contributed by atoms with van der Waals surface area (Å²) in [6.45, 7) is 2.23. The second-order valence-electron chi connectivity index (χ2n) is 3.60. The van der Waals surface area contributed by atoms with Gasteiger partial charge < -0.3 is 0 Å². The molecule has 15 heavy (non-hydrogen) atoms. The number of aromatic nitrogens is 3. The summed E-state index contributed by atoms with van der Waals surface area (Å²) < 4.78 is 1.72. The minimum absolute atomic E-state index is 0.178. The van der Waals surface area contributed by atoms with Gasteiger partial charge in [-0.1, -0.05) is 0 Å². The van der Waals surface area contributed by atoms with Crippen molar-refractivity contribution in [3.8, 4) is 0 Å². The van der Waals surface area contributed by atoms with E-state index in [-0.39, 0.29) is 5.91 Å². The zero-order valence-corrected chi connectivity index (χ0v) is 8.14. The third-order valence-electron chi connectivity index (χ3n) is 2.62. The average Bonchev–Trinajstić information content (AvgIpc) is 2.55. The molecular weight excluding hydrogens is 194 g/mol. The van der Waals surface area contributed by atoms with Crippen LogP contribution in [0.1, 0.15) is 21.7 Å². The highest BCUT2D eigenvalue weighted by atomic mass is 16.2. The van der Waals surface area contributed by atoms with Gasteiger partial charge in [0.2, 0.25) is 0 Å². The number of hydrazine groups is 1. The van der Waals surface area contributed by atoms with Crippen LogP contribution in [-0.2, 0) is 6.54 Å². The molecule has 0 aliphatic carbocycles. The van der Waals surface area contributed by atoms with E-state index >= 15 is 0 Å². The lowest BCUT2D eigenvalue weighted by atomic mass is 10.1. The summed E-state index contributed by atoms with van der Waals surface area (Å²) in [6, 6.07) is 1.79. The molecule has 2 aromatic heterocycles. The molecule has 0 saturated carbocycles. The monoisotopic (exact) mass is 203 g/mol. The highest BCUT2D eigenvalue weighted by Gasteiger charge is 2.27. The molecule has 0 bridgehead atoms. The van der Waals surface area contributed by atoms with Gasteiger partial charge in [0.25, 0.3) is 5.91 Å². The standard InChI is InChI=1S/C9H9N5O/c1-5-2-6-8-7(3-13(10)9(6)15)11-4-12-14(5)8/h2,4H,3,10H2,1H3. The van der Waals surface area contributed by atoms with Crippen molar-refractivity contribution in [2.24, 2.45) is 5.84 Å². The minimum Gasteiger partial charge on any atom is -0.270 e. The second-order valence-corrected chi connectivity index (χ2v) is 3.60. The van der Waals surface area contributed by atoms with Crippen LogP contribution in [0.2, 0.25) is 0 Å². The summed E-state index contributed by atoms with van der Waals surface area (Å²) in [5.41, 5.74) is 3.06. The van der Waals surface area contributed by atoms with E-state index in [4.69, 9.17) is 5.84 Å². The number of hydrogen-bond donors (Lipinski definition) is 1. The molecule has 0 spiro atoms. The van der Waals surface area contributed by atoms with Crippen molar-refractivity contribution in [1.82, 2.24) is 19.6 Å². The number of hydrogen-bond acceptors (Lipinski definition) is 4. The van der Waals surface area contributed by atoms with Gasteiger partial charge in [-0.3, -0.25) is 9.80 Å². The molecule has 6 heteroatoms. The number of amides is 1. The zero-order chi connectivity index (χ0) is 10.6. The molecule has 1 aliphatic rings. The highest BCUT2D eigenvalue weighted by Crippen LogP contribution is 2.24. The van der Waals surface area contributed by atoms with Crippen LogP contribution in [0.3, 0.4) is 0 Å². The number of rotatable bonds is 0. The lowest BCUT2D eigenvalue weighted by Crippen LogP contribution is -2.39. The maximum Gasteiger partial charge on any atom is 0.270 e. The maximum absolute atomic E-state index is 11.7. The van der Waals surface area contributed by atoms with Crippen LogP contribution < -0.4 is 5.84 Å². The van der Waals surface area contributed by atoms with Gasteiger partial charge in [-0.25, -0.2) is 15.3 Å². The number of aryl methyl sites for hydroxylation is 1. The van der Waals surface area contributed by atoms with Crippen LogP contribution >= 0.6 is 0 Å². The number of nitrogens with zero attached hydrogens (tertiary/aromatic N) is 4. The van der Waals surface area contributed by atoms with Gasteiger partial charge in [-0.05, 0) is 13.0 Å². The van der Waals surface area contributed by atoms with Gasteiger partial charge in [0.15, 0.2) is 0 Å². The van der Waals surface area contributed by atoms with Crippen molar-refractivity contribution in [3.05, 3.63) is 29.3 Å². The van der Waals surface area contributed by atoms with Crippen molar-refractivity contribution in [2.75, 3.05) is 0 Å². The summed E-state index contributed by atoms with van der Waals surface area (Å²) >= 11 is 0. The molecule has 2 N–H and O–H groups in total. The zero-order valence-electron chi connectivity index (χ0n) is 8.14. The summed E-state index contributed by atoms with van der Waals surface area (Å²) in [4.78, 5) is 15.9. The Hall–Kier alpha value is -1.95. The van der Waals surface area contributed by atoms with Gasteiger partial charge in [0.05, 0.1) is 17.8 Å². The Bertz CT molecular complexity index is 573. The van der Waals surface area contributed by atoms with Crippen LogP contribution in [0.15, 0.2) is 12.4 Å². The largest absolute Gasteiger partial charge is 0.270 e. The van der Waals surface area contributed by atoms with E-state index in [0.717, 1.165) is 16.9 Å². The van der Waals surface area contributed by atoms with Crippen molar-refractivity contribution < 1.29 is 4.79 Å². The second kappa shape index (κ2) is 2.54. The van der Waals surface area contributed by atoms with Gasteiger partial charge in [-0.2, -0.15) is 5.10 Å². The normalized spacial score (nSPS) is 15.1. The van der Waals surface area contributed by atoms with E-state index in [2.05, 4.69) is 10.1 Å². The van der Waals surface area contributed by atoms with E-state index in [1.807, 2.05) is 6.92 Å². The van der Waals surface area contributed by atoms with Crippen molar-refractivity contribution in [3.63, 3.8) is 0 Å². The molecule has 0 radical (unpaired) electrons. The summed E-state index contributed by atoms with van der Waals surface area (Å²) in [5.74, 6) is 5.41. The third kappa shape index (κ3) is 0.937. The summed E-state index contributed by atoms with van der Waals surface area (Å²) in [5, 5.41) is 5.27. The minimum atomic E-state index is -0.178. The lowest BCUT2D eigenvalue weighted by Gasteiger charge is -2.20. The predicted molar refractivity (Wildman–Crippen MR) is 51.8 cm³/mol. The molecule has 0 fully saturated rings. The van der Waals surface area contributed by atoms with Gasteiger partial charge in [-0.15, -0.1) is 0 Å². The summed E-state index contributed by atoms with van der Waals surface area (Å²) in [7, 11) is 0. The van der Waals surface area contributed by atoms with Crippen molar-refractivity contribution >= 4 is 11.4 Å². The van der Waals surface area contributed by atoms with E-state index in [1.54, 1.807) is 10.6 Å². The molecule has 2 aromatic rings. The Morgan fingerprint density at radius 3 is 3.13 bits per heavy atom. The van der Waals surface area contributed by atoms with E-state index < -0.39 is 0 Å². The fourth-order valence-corrected chi connectivity index (χ4v) is 1.93. The van der Waals surface area contributed by atoms with Gasteiger partial charge in [0, 0.05) is 5.69 Å². The highest BCUT2D eigenvalue weighted by molar-refractivity contribution is 6.03. The molecular formula is C9H9N5O. The average molecular weight is 203 g/mol. The maximum atomic E-state index is 11.7. The van der Waals surface area contributed by atoms with Gasteiger partial charge >= 0.3 is 0 Å². The molecule has 1 amide bonds. The smallest absolute Gasteiger partial charge is 0.270 e. The third-order valence-corrected chi connectivity index (χ3v) is 2.62. The fourth-order valence-electron chi connectivity index (χ4n) is 1.93. The van der Waals surface area contributed by atoms with E-state index in [1.165, 1.54) is 11.3 Å². The Kier molecular flexibility index (Phi) is 1.42. The SMILES string of the molecule is Cc1cc2c3c(ncnn13)CN(N)C2=O. The molecule has 0 unspecified atom stereocenters. The molecule has 1 aliphatic heterocycles. The quantitative estimate of drug-likeness (QED) is 0.478. The van der Waals surface area contributed by atoms with Crippen molar-refractivity contribution in [1.29, 1.82) is 0 Å². The first-order chi connectivity index (χ1) is 7.18. The molecule has 0 aromatic carbocycles. The van der Waals surface area contributed by atoms with Crippen LogP contribution in [0.5, 0.6) is 0 Å². The molecule has 6 nitrogen and oxygen atoms in total. The Morgan fingerprint density at radius 1 is 1.53 bits per heavy atom. The van der Waals surface area contributed by atoms with Crippen LogP contribution in [0.4, 0.5) is 0 Å². The Balaban J connectivity index is 2.47. The molecule has 3 rings (SSSR count). The Labute approximate surface area is 85.3 Å². The van der Waals surface area contributed by atoms with Crippen LogP contribution in [0, 0.1) is 6.92 Å². The molecule has 0 atom stereocenters. The first-order valence-electron chi connectivity index (χ1n) is 4.57. The lowest BCUT2D eigenvalue weighted by molar-refractivity contribution is 0.0735. The number of carbonyl (C=O) groups is 1. The first-order valence-corrected chi connectivity index (χ1v) is 4.57. The fraction of sp³-hybridized carbons (Fsp3) is 0.222. The molecule has 76 valence electrons. The van der Waals surface area contributed by atoms with Crippen LogP contribution in [0.25, 0.3) is 5.52 Å². The molecule has 0 saturated heterocycles. The Morgan fingerprint density at radius 2 is 2.33 bits per heavy atom. The predicted octanol–water partition coefficient (Wildman–Crippen LogP) is -0.133. The topological polar surface area (TPSA) is 76.5 Å². The van der Waals surface area contributed by atoms with Crippen LogP contribution in [-0.4, -0.2) is 25.5 Å². The first kappa shape index (κ1) is 8.37. The number of nitrogens with two attached hydrogens (primary N) is 1. The van der Waals surface area contributed by atoms with Gasteiger partial charge in [0.1, 0.15) is 11.8 Å². The molecule has 3 heterocycles. The summed E-state index contributed by atoms with van der Waals surface area (Å²) in [6.07, 6.45) is 1.47.